The third-order valence-corrected chi connectivity index (χ3v) is 5.91. The summed E-state index contributed by atoms with van der Waals surface area (Å²) in [7, 11) is 0. The van der Waals surface area contributed by atoms with Crippen LogP contribution in [0.3, 0.4) is 0 Å². The molecule has 0 spiro atoms. The van der Waals surface area contributed by atoms with Gasteiger partial charge in [-0.15, -0.1) is 0 Å². The van der Waals surface area contributed by atoms with Crippen molar-refractivity contribution in [3.63, 3.8) is 0 Å². The molecule has 120 valence electrons. The van der Waals surface area contributed by atoms with E-state index in [0.717, 1.165) is 11.1 Å². The number of hydrogen-bond donors (Lipinski definition) is 0. The van der Waals surface area contributed by atoms with Crippen LogP contribution in [-0.4, -0.2) is 18.4 Å². The van der Waals surface area contributed by atoms with Crippen molar-refractivity contribution in [2.45, 2.75) is 18.8 Å². The Kier molecular flexibility index (Phi) is 2.57. The molecule has 0 N–H and O–H groups in total. The average molecular weight is 319 g/mol. The topological polar surface area (TPSA) is 46.6 Å². The van der Waals surface area contributed by atoms with Crippen LogP contribution in [-0.2, 0) is 15.0 Å². The number of aryl methyl sites for hydroxylation is 1. The van der Waals surface area contributed by atoms with Gasteiger partial charge in [0.25, 0.3) is 0 Å². The first-order chi connectivity index (χ1) is 11.7. The van der Waals surface area contributed by atoms with Crippen LogP contribution in [0.2, 0.25) is 0 Å². The second-order valence-electron chi connectivity index (χ2n) is 6.93. The first-order valence-corrected chi connectivity index (χ1v) is 8.32. The van der Waals surface area contributed by atoms with Crippen molar-refractivity contribution in [2.75, 3.05) is 11.5 Å². The van der Waals surface area contributed by atoms with Crippen LogP contribution in [0, 0.1) is 18.8 Å². The molecule has 4 heteroatoms. The number of ether oxygens (including phenoxy) is 1. The largest absolute Gasteiger partial charge is 0.491 e. The molecule has 1 saturated carbocycles. The van der Waals surface area contributed by atoms with Gasteiger partial charge in [0.15, 0.2) is 0 Å². The zero-order valence-corrected chi connectivity index (χ0v) is 13.4. The Labute approximate surface area is 140 Å². The molecule has 2 fully saturated rings. The van der Waals surface area contributed by atoms with E-state index < -0.39 is 5.41 Å². The van der Waals surface area contributed by atoms with Gasteiger partial charge in [-0.25, -0.2) is 4.90 Å². The van der Waals surface area contributed by atoms with Crippen LogP contribution in [0.5, 0.6) is 5.75 Å². The Morgan fingerprint density at radius 1 is 1.08 bits per heavy atom. The van der Waals surface area contributed by atoms with Crippen LogP contribution in [0.1, 0.15) is 17.5 Å². The lowest BCUT2D eigenvalue weighted by Gasteiger charge is -2.49. The van der Waals surface area contributed by atoms with Gasteiger partial charge in [-0.3, -0.25) is 9.59 Å². The molecule has 0 unspecified atom stereocenters. The fraction of sp³-hybridized carbons (Fsp3) is 0.300. The Balaban J connectivity index is 1.77. The lowest BCUT2D eigenvalue weighted by Crippen LogP contribution is -2.58. The molecule has 24 heavy (non-hydrogen) atoms. The van der Waals surface area contributed by atoms with Crippen molar-refractivity contribution in [2.24, 2.45) is 11.8 Å². The summed E-state index contributed by atoms with van der Waals surface area (Å²) in [6, 6.07) is 15.4. The number of anilines is 1. The van der Waals surface area contributed by atoms with Crippen LogP contribution >= 0.6 is 0 Å². The number of fused-ring (bicyclic) bond motifs is 3. The summed E-state index contributed by atoms with van der Waals surface area (Å²) in [5.41, 5.74) is 1.69. The van der Waals surface area contributed by atoms with Crippen molar-refractivity contribution in [1.29, 1.82) is 0 Å². The molecule has 2 amide bonds. The van der Waals surface area contributed by atoms with Gasteiger partial charge in [0, 0.05) is 5.92 Å². The lowest BCUT2D eigenvalue weighted by molar-refractivity contribution is -0.134. The third-order valence-electron chi connectivity index (χ3n) is 5.91. The van der Waals surface area contributed by atoms with E-state index in [1.54, 1.807) is 0 Å². The maximum atomic E-state index is 13.5. The van der Waals surface area contributed by atoms with Gasteiger partial charge in [0.2, 0.25) is 11.8 Å². The SMILES string of the molecule is Cc1cccc2c1N1C(=O)[C@@H]3C[C@H](CO2)[C@]3(c2ccccc2)C1=O. The molecular weight excluding hydrogens is 302 g/mol. The average Bonchev–Trinajstić information content (AvgIpc) is 2.78. The molecule has 2 aliphatic heterocycles. The van der Waals surface area contributed by atoms with Crippen LogP contribution < -0.4 is 9.64 Å². The van der Waals surface area contributed by atoms with Crippen molar-refractivity contribution in [3.05, 3.63) is 59.7 Å². The maximum absolute atomic E-state index is 13.5. The van der Waals surface area contributed by atoms with Crippen LogP contribution in [0.4, 0.5) is 5.69 Å². The summed E-state index contributed by atoms with van der Waals surface area (Å²) < 4.78 is 6.04. The number of benzene rings is 2. The highest BCUT2D eigenvalue weighted by molar-refractivity contribution is 6.28. The third kappa shape index (κ3) is 1.40. The highest BCUT2D eigenvalue weighted by Crippen LogP contribution is 2.61. The zero-order valence-electron chi connectivity index (χ0n) is 13.4. The smallest absolute Gasteiger partial charge is 0.245 e. The molecule has 2 aromatic carbocycles. The first-order valence-electron chi connectivity index (χ1n) is 8.32. The van der Waals surface area contributed by atoms with Gasteiger partial charge >= 0.3 is 0 Å². The quantitative estimate of drug-likeness (QED) is 0.759. The van der Waals surface area contributed by atoms with Crippen LogP contribution in [0.15, 0.2) is 48.5 Å². The fourth-order valence-corrected chi connectivity index (χ4v) is 4.75. The van der Waals surface area contributed by atoms with E-state index in [2.05, 4.69) is 0 Å². The van der Waals surface area contributed by atoms with E-state index in [1.165, 1.54) is 4.90 Å². The predicted octanol–water partition coefficient (Wildman–Crippen LogP) is 2.83. The van der Waals surface area contributed by atoms with Gasteiger partial charge < -0.3 is 4.74 Å². The minimum atomic E-state index is -0.752. The fourth-order valence-electron chi connectivity index (χ4n) is 4.75. The summed E-state index contributed by atoms with van der Waals surface area (Å²) in [4.78, 5) is 28.0. The molecule has 1 aliphatic carbocycles. The number of para-hydroxylation sites is 1. The van der Waals surface area contributed by atoms with Crippen LogP contribution in [0.25, 0.3) is 0 Å². The summed E-state index contributed by atoms with van der Waals surface area (Å²) in [5.74, 6) is 0.234. The van der Waals surface area contributed by atoms with E-state index in [9.17, 15) is 9.59 Å². The zero-order chi connectivity index (χ0) is 16.5. The van der Waals surface area contributed by atoms with Gasteiger partial charge in [0.1, 0.15) is 5.75 Å². The summed E-state index contributed by atoms with van der Waals surface area (Å²) >= 11 is 0. The number of hydrogen-bond acceptors (Lipinski definition) is 3. The van der Waals surface area contributed by atoms with Crippen molar-refractivity contribution >= 4 is 17.5 Å². The molecule has 0 aromatic heterocycles. The Morgan fingerprint density at radius 3 is 2.67 bits per heavy atom. The molecule has 3 aliphatic rings. The predicted molar refractivity (Wildman–Crippen MR) is 88.9 cm³/mol. The minimum absolute atomic E-state index is 0.0417. The highest BCUT2D eigenvalue weighted by atomic mass is 16.5. The molecule has 5 rings (SSSR count). The molecule has 4 nitrogen and oxygen atoms in total. The normalized spacial score (nSPS) is 30.1. The van der Waals surface area contributed by atoms with Gasteiger partial charge in [0.05, 0.1) is 23.6 Å². The highest BCUT2D eigenvalue weighted by Gasteiger charge is 2.71. The standard InChI is InChI=1S/C20H17NO3/c1-12-6-5-9-16-17(12)21-18(22)15-10-14(11-24-16)20(15,19(21)23)13-7-3-2-4-8-13/h2-9,14-15H,10-11H2,1H3/t14-,15+,20+/m1/s1. The Hall–Kier alpha value is -2.62. The van der Waals surface area contributed by atoms with Crippen molar-refractivity contribution in [1.82, 2.24) is 0 Å². The second kappa shape index (κ2) is 4.47. The van der Waals surface area contributed by atoms with Gasteiger partial charge in [-0.2, -0.15) is 0 Å². The molecular formula is C20H17NO3. The Morgan fingerprint density at radius 2 is 1.88 bits per heavy atom. The number of carbonyl (C=O) groups is 2. The van der Waals surface area contributed by atoms with Crippen molar-refractivity contribution in [3.8, 4) is 5.75 Å². The summed E-state index contributed by atoms with van der Waals surface area (Å²) in [6.07, 6.45) is 0.711. The van der Waals surface area contributed by atoms with E-state index in [-0.39, 0.29) is 23.7 Å². The molecule has 3 atom stereocenters. The number of nitrogens with zero attached hydrogens (tertiary/aromatic N) is 1. The first kappa shape index (κ1) is 13.8. The minimum Gasteiger partial charge on any atom is -0.491 e. The number of amides is 2. The Bertz CT molecular complexity index is 876. The maximum Gasteiger partial charge on any atom is 0.245 e. The molecule has 2 bridgehead atoms. The second-order valence-corrected chi connectivity index (χ2v) is 6.93. The van der Waals surface area contributed by atoms with Crippen molar-refractivity contribution < 1.29 is 14.3 Å². The summed E-state index contributed by atoms with van der Waals surface area (Å²) in [6.45, 7) is 2.38. The number of rotatable bonds is 1. The monoisotopic (exact) mass is 319 g/mol. The van der Waals surface area contributed by atoms with Gasteiger partial charge in [-0.1, -0.05) is 42.5 Å². The lowest BCUT2D eigenvalue weighted by atomic mass is 9.51. The molecule has 2 aromatic rings. The van der Waals surface area contributed by atoms with E-state index in [4.69, 9.17) is 4.74 Å². The molecule has 1 saturated heterocycles. The van der Waals surface area contributed by atoms with E-state index in [1.807, 2.05) is 55.5 Å². The number of carbonyl (C=O) groups excluding carboxylic acids is 2. The molecule has 2 heterocycles. The van der Waals surface area contributed by atoms with E-state index in [0.29, 0.717) is 24.5 Å². The van der Waals surface area contributed by atoms with E-state index >= 15 is 0 Å². The molecule has 0 radical (unpaired) electrons. The number of imide groups is 1. The summed E-state index contributed by atoms with van der Waals surface area (Å²) in [5, 5.41) is 0. The van der Waals surface area contributed by atoms with Gasteiger partial charge in [-0.05, 0) is 30.5 Å².